The maximum Gasteiger partial charge on any atom is 0.161 e. The van der Waals surface area contributed by atoms with E-state index in [9.17, 15) is 0 Å². The molecule has 0 bridgehead atoms. The molecule has 0 saturated carbocycles. The van der Waals surface area contributed by atoms with Gasteiger partial charge >= 0.3 is 0 Å². The third-order valence-electron chi connectivity index (χ3n) is 7.82. The van der Waals surface area contributed by atoms with Gasteiger partial charge < -0.3 is 19.4 Å². The molecule has 0 spiro atoms. The zero-order chi connectivity index (χ0) is 27.7. The van der Waals surface area contributed by atoms with E-state index >= 15 is 0 Å². The van der Waals surface area contributed by atoms with E-state index in [2.05, 4.69) is 85.9 Å². The molecule has 2 aromatic heterocycles. The van der Waals surface area contributed by atoms with Crippen LogP contribution in [0.25, 0.3) is 33.3 Å². The summed E-state index contributed by atoms with van der Waals surface area (Å²) in [5.41, 5.74) is 8.29. The summed E-state index contributed by atoms with van der Waals surface area (Å²) in [6, 6.07) is 15.1. The van der Waals surface area contributed by atoms with Gasteiger partial charge in [-0.1, -0.05) is 33.8 Å². The van der Waals surface area contributed by atoms with Crippen molar-refractivity contribution in [1.82, 2.24) is 14.9 Å². The van der Waals surface area contributed by atoms with Crippen molar-refractivity contribution in [2.45, 2.75) is 40.5 Å². The smallest absolute Gasteiger partial charge is 0.161 e. The summed E-state index contributed by atoms with van der Waals surface area (Å²) in [6.07, 6.45) is 2.06. The molecule has 0 radical (unpaired) electrons. The number of aromatic nitrogens is 2. The van der Waals surface area contributed by atoms with Crippen LogP contribution in [0.4, 0.5) is 5.82 Å². The number of benzene rings is 2. The summed E-state index contributed by atoms with van der Waals surface area (Å²) in [7, 11) is 3.34. The zero-order valence-corrected chi connectivity index (χ0v) is 24.5. The van der Waals surface area contributed by atoms with Crippen molar-refractivity contribution < 1.29 is 9.47 Å². The summed E-state index contributed by atoms with van der Waals surface area (Å²) in [4.78, 5) is 13.6. The highest BCUT2D eigenvalue weighted by atomic mass is 16.5. The number of ether oxygens (including phenoxy) is 2. The number of aryl methyl sites for hydroxylation is 1. The van der Waals surface area contributed by atoms with Gasteiger partial charge in [-0.2, -0.15) is 0 Å². The second-order valence-corrected chi connectivity index (χ2v) is 11.4. The van der Waals surface area contributed by atoms with Gasteiger partial charge in [0.15, 0.2) is 11.5 Å². The molecule has 1 aliphatic heterocycles. The first-order valence-corrected chi connectivity index (χ1v) is 14.1. The van der Waals surface area contributed by atoms with E-state index in [4.69, 9.17) is 14.5 Å². The summed E-state index contributed by atoms with van der Waals surface area (Å²) < 4.78 is 11.0. The molecule has 0 aliphatic carbocycles. The lowest BCUT2D eigenvalue weighted by molar-refractivity contribution is 0.231. The number of methoxy groups -OCH3 is 2. The predicted molar refractivity (Wildman–Crippen MR) is 162 cm³/mol. The molecule has 4 aromatic rings. The molecule has 1 fully saturated rings. The Kier molecular flexibility index (Phi) is 7.85. The van der Waals surface area contributed by atoms with Crippen LogP contribution in [0.5, 0.6) is 11.5 Å². The Labute approximate surface area is 233 Å². The second kappa shape index (κ2) is 11.3. The first-order valence-electron chi connectivity index (χ1n) is 14.1. The molecule has 0 unspecified atom stereocenters. The average Bonchev–Trinajstić information content (AvgIpc) is 3.32. The van der Waals surface area contributed by atoms with Crippen LogP contribution in [0.2, 0.25) is 0 Å². The van der Waals surface area contributed by atoms with Crippen LogP contribution < -0.4 is 14.4 Å². The minimum absolute atomic E-state index is 0.341. The van der Waals surface area contributed by atoms with Crippen molar-refractivity contribution >= 4 is 16.7 Å². The Morgan fingerprint density at radius 1 is 0.872 bits per heavy atom. The molecule has 1 N–H and O–H groups in total. The SMILES string of the molecule is COc1ccc(-c2[nH]c3ccc(-c4cnc(N5CCN(CC(C)C)CC5)cc4C)cc3c2C(C)C)cc1OC. The second-order valence-electron chi connectivity index (χ2n) is 11.4. The topological polar surface area (TPSA) is 53.6 Å². The summed E-state index contributed by atoms with van der Waals surface area (Å²) in [5, 5.41) is 1.25. The monoisotopic (exact) mass is 526 g/mol. The highest BCUT2D eigenvalue weighted by molar-refractivity contribution is 5.94. The number of aromatic amines is 1. The lowest BCUT2D eigenvalue weighted by atomic mass is 9.94. The zero-order valence-electron chi connectivity index (χ0n) is 24.5. The third-order valence-corrected chi connectivity index (χ3v) is 7.82. The highest BCUT2D eigenvalue weighted by Gasteiger charge is 2.21. The van der Waals surface area contributed by atoms with Gasteiger partial charge in [0.05, 0.1) is 19.9 Å². The Bertz CT molecular complexity index is 1450. The predicted octanol–water partition coefficient (Wildman–Crippen LogP) is 7.12. The molecule has 6 heteroatoms. The van der Waals surface area contributed by atoms with Gasteiger partial charge in [-0.25, -0.2) is 4.98 Å². The van der Waals surface area contributed by atoms with Gasteiger partial charge in [0, 0.05) is 61.0 Å². The molecular formula is C33H42N4O2. The average molecular weight is 527 g/mol. The maximum atomic E-state index is 5.58. The number of pyridine rings is 1. The Morgan fingerprint density at radius 2 is 1.59 bits per heavy atom. The molecule has 3 heterocycles. The van der Waals surface area contributed by atoms with E-state index in [0.717, 1.165) is 60.3 Å². The number of anilines is 1. The summed E-state index contributed by atoms with van der Waals surface area (Å²) in [6.45, 7) is 16.7. The number of nitrogens with zero attached hydrogens (tertiary/aromatic N) is 3. The van der Waals surface area contributed by atoms with Crippen molar-refractivity contribution in [3.63, 3.8) is 0 Å². The normalized spacial score (nSPS) is 14.5. The van der Waals surface area contributed by atoms with Gasteiger partial charge in [0.1, 0.15) is 5.82 Å². The largest absolute Gasteiger partial charge is 0.493 e. The minimum atomic E-state index is 0.341. The van der Waals surface area contributed by atoms with Gasteiger partial charge in [-0.15, -0.1) is 0 Å². The Hall–Kier alpha value is -3.51. The molecule has 6 nitrogen and oxygen atoms in total. The van der Waals surface area contributed by atoms with E-state index in [0.29, 0.717) is 11.8 Å². The first kappa shape index (κ1) is 27.1. The van der Waals surface area contributed by atoms with Crippen molar-refractivity contribution in [3.8, 4) is 33.9 Å². The van der Waals surface area contributed by atoms with E-state index in [1.54, 1.807) is 14.2 Å². The van der Waals surface area contributed by atoms with Crippen LogP contribution in [-0.4, -0.2) is 61.8 Å². The number of hydrogen-bond acceptors (Lipinski definition) is 5. The molecule has 1 aliphatic rings. The quantitative estimate of drug-likeness (QED) is 0.265. The van der Waals surface area contributed by atoms with Crippen LogP contribution in [0.15, 0.2) is 48.7 Å². The van der Waals surface area contributed by atoms with E-state index in [1.165, 1.54) is 34.2 Å². The van der Waals surface area contributed by atoms with Crippen LogP contribution in [0.1, 0.15) is 44.7 Å². The van der Waals surface area contributed by atoms with Crippen LogP contribution in [0.3, 0.4) is 0 Å². The maximum absolute atomic E-state index is 5.58. The summed E-state index contributed by atoms with van der Waals surface area (Å²) in [5.74, 6) is 3.59. The number of piperazine rings is 1. The van der Waals surface area contributed by atoms with Crippen molar-refractivity contribution in [3.05, 3.63) is 59.8 Å². The molecule has 0 amide bonds. The number of H-pyrrole nitrogens is 1. The van der Waals surface area contributed by atoms with Crippen LogP contribution >= 0.6 is 0 Å². The molecule has 206 valence electrons. The Balaban J connectivity index is 1.46. The fraction of sp³-hybridized carbons (Fsp3) is 0.424. The van der Waals surface area contributed by atoms with Gasteiger partial charge in [-0.05, 0) is 71.8 Å². The highest BCUT2D eigenvalue weighted by Crippen LogP contribution is 2.40. The summed E-state index contributed by atoms with van der Waals surface area (Å²) >= 11 is 0. The molecule has 5 rings (SSSR count). The lowest BCUT2D eigenvalue weighted by Crippen LogP contribution is -2.47. The molecule has 1 saturated heterocycles. The fourth-order valence-corrected chi connectivity index (χ4v) is 5.89. The molecule has 0 atom stereocenters. The first-order chi connectivity index (χ1) is 18.8. The van der Waals surface area contributed by atoms with E-state index in [-0.39, 0.29) is 0 Å². The number of fused-ring (bicyclic) bond motifs is 1. The number of nitrogens with one attached hydrogen (secondary N) is 1. The van der Waals surface area contributed by atoms with Crippen LogP contribution in [0, 0.1) is 12.8 Å². The van der Waals surface area contributed by atoms with Crippen molar-refractivity contribution in [2.24, 2.45) is 5.92 Å². The third kappa shape index (κ3) is 5.48. The molecule has 2 aromatic carbocycles. The Morgan fingerprint density at radius 3 is 2.23 bits per heavy atom. The standard InChI is InChI=1S/C33H42N4O2/c1-21(2)20-36-12-14-37(15-13-36)31-16-23(5)27(19-34-31)24-8-10-28-26(17-24)32(22(3)4)33(35-28)25-9-11-29(38-6)30(18-25)39-7/h8-11,16-19,21-22,35H,12-15,20H2,1-7H3. The minimum Gasteiger partial charge on any atom is -0.493 e. The number of hydrogen-bond donors (Lipinski definition) is 1. The molecular weight excluding hydrogens is 484 g/mol. The van der Waals surface area contributed by atoms with Gasteiger partial charge in [0.25, 0.3) is 0 Å². The number of rotatable bonds is 8. The van der Waals surface area contributed by atoms with Gasteiger partial charge in [0.2, 0.25) is 0 Å². The van der Waals surface area contributed by atoms with Crippen LogP contribution in [-0.2, 0) is 0 Å². The fourth-order valence-electron chi connectivity index (χ4n) is 5.89. The van der Waals surface area contributed by atoms with Crippen molar-refractivity contribution in [1.29, 1.82) is 0 Å². The lowest BCUT2D eigenvalue weighted by Gasteiger charge is -2.36. The van der Waals surface area contributed by atoms with E-state index < -0.39 is 0 Å². The van der Waals surface area contributed by atoms with Gasteiger partial charge in [-0.3, -0.25) is 4.90 Å². The van der Waals surface area contributed by atoms with E-state index in [1.807, 2.05) is 12.1 Å². The van der Waals surface area contributed by atoms with Crippen molar-refractivity contribution in [2.75, 3.05) is 51.8 Å². The molecule has 39 heavy (non-hydrogen) atoms.